The molecule has 1 aromatic heterocycles. The molecule has 0 radical (unpaired) electrons. The molecule has 0 aliphatic heterocycles. The Morgan fingerprint density at radius 3 is 2.88 bits per heavy atom. The lowest BCUT2D eigenvalue weighted by molar-refractivity contribution is -0.384. The lowest BCUT2D eigenvalue weighted by atomic mass is 10.1. The second kappa shape index (κ2) is 4.55. The van der Waals surface area contributed by atoms with E-state index in [1.807, 2.05) is 6.92 Å². The van der Waals surface area contributed by atoms with Crippen molar-refractivity contribution in [2.45, 2.75) is 19.8 Å². The first-order valence-corrected chi connectivity index (χ1v) is 5.59. The van der Waals surface area contributed by atoms with Crippen LogP contribution in [0.3, 0.4) is 0 Å². The van der Waals surface area contributed by atoms with Crippen LogP contribution < -0.4 is 5.73 Å². The Kier molecular flexibility index (Phi) is 3.10. The van der Waals surface area contributed by atoms with E-state index in [2.05, 4.69) is 4.98 Å². The fraction of sp³-hybridized carbons (Fsp3) is 0.333. The summed E-state index contributed by atoms with van der Waals surface area (Å²) in [6.45, 7) is 2.61. The quantitative estimate of drug-likeness (QED) is 0.627. The molecule has 0 amide bonds. The largest absolute Gasteiger partial charge is 0.358 e. The Balaban J connectivity index is 2.52. The molecule has 0 saturated heterocycles. The van der Waals surface area contributed by atoms with Gasteiger partial charge in [0.2, 0.25) is 0 Å². The Labute approximate surface area is 98.8 Å². The number of hydrogen-bond donors (Lipinski definition) is 2. The maximum Gasteiger partial charge on any atom is 0.270 e. The number of nitrogens with zero attached hydrogens (tertiary/aromatic N) is 1. The summed E-state index contributed by atoms with van der Waals surface area (Å²) in [7, 11) is 0. The van der Waals surface area contributed by atoms with Gasteiger partial charge >= 0.3 is 0 Å². The van der Waals surface area contributed by atoms with Crippen LogP contribution >= 0.6 is 0 Å². The highest BCUT2D eigenvalue weighted by molar-refractivity contribution is 5.86. The van der Waals surface area contributed by atoms with Crippen molar-refractivity contribution < 1.29 is 4.92 Å². The lowest BCUT2D eigenvalue weighted by Crippen LogP contribution is -2.00. The molecular formula is C12H15N3O2. The summed E-state index contributed by atoms with van der Waals surface area (Å²) in [6.07, 6.45) is 1.74. The van der Waals surface area contributed by atoms with Gasteiger partial charge in [-0.05, 0) is 37.9 Å². The number of nitrogens with two attached hydrogens (primary N) is 1. The molecule has 0 bridgehead atoms. The first-order chi connectivity index (χ1) is 8.13. The summed E-state index contributed by atoms with van der Waals surface area (Å²) in [4.78, 5) is 13.6. The monoisotopic (exact) mass is 233 g/mol. The molecule has 2 aromatic rings. The van der Waals surface area contributed by atoms with Crippen LogP contribution in [0.1, 0.15) is 17.7 Å². The Morgan fingerprint density at radius 2 is 2.24 bits per heavy atom. The first kappa shape index (κ1) is 11.6. The van der Waals surface area contributed by atoms with Crippen molar-refractivity contribution in [3.05, 3.63) is 39.6 Å². The van der Waals surface area contributed by atoms with Crippen LogP contribution in [-0.2, 0) is 6.42 Å². The molecule has 3 N–H and O–H groups in total. The number of benzene rings is 1. The number of H-pyrrole nitrogens is 1. The Bertz CT molecular complexity index is 560. The molecule has 5 nitrogen and oxygen atoms in total. The van der Waals surface area contributed by atoms with E-state index in [0.717, 1.165) is 35.0 Å². The number of nitro groups is 1. The lowest BCUT2D eigenvalue weighted by Gasteiger charge is -1.99. The minimum absolute atomic E-state index is 0.130. The van der Waals surface area contributed by atoms with Crippen LogP contribution in [-0.4, -0.2) is 16.5 Å². The maximum atomic E-state index is 10.8. The molecular weight excluding hydrogens is 218 g/mol. The first-order valence-electron chi connectivity index (χ1n) is 5.59. The number of nitro benzene ring substituents is 1. The molecule has 17 heavy (non-hydrogen) atoms. The predicted molar refractivity (Wildman–Crippen MR) is 67.1 cm³/mol. The minimum Gasteiger partial charge on any atom is -0.358 e. The second-order valence-electron chi connectivity index (χ2n) is 4.11. The van der Waals surface area contributed by atoms with Gasteiger partial charge in [-0.15, -0.1) is 0 Å². The molecule has 2 rings (SSSR count). The summed E-state index contributed by atoms with van der Waals surface area (Å²) >= 11 is 0. The highest BCUT2D eigenvalue weighted by atomic mass is 16.6. The fourth-order valence-electron chi connectivity index (χ4n) is 2.08. The average Bonchev–Trinajstić information content (AvgIpc) is 2.61. The second-order valence-corrected chi connectivity index (χ2v) is 4.11. The van der Waals surface area contributed by atoms with E-state index < -0.39 is 0 Å². The number of nitrogens with one attached hydrogen (secondary N) is 1. The van der Waals surface area contributed by atoms with Gasteiger partial charge in [-0.25, -0.2) is 0 Å². The summed E-state index contributed by atoms with van der Waals surface area (Å²) < 4.78 is 0. The number of aryl methyl sites for hydroxylation is 2. The number of fused-ring (bicyclic) bond motifs is 1. The molecule has 0 aliphatic carbocycles. The smallest absolute Gasteiger partial charge is 0.270 e. The van der Waals surface area contributed by atoms with Crippen molar-refractivity contribution in [1.29, 1.82) is 0 Å². The summed E-state index contributed by atoms with van der Waals surface area (Å²) in [5, 5.41) is 11.7. The molecule has 0 unspecified atom stereocenters. The summed E-state index contributed by atoms with van der Waals surface area (Å²) in [6, 6.07) is 4.90. The van der Waals surface area contributed by atoms with Crippen molar-refractivity contribution in [2.24, 2.45) is 5.73 Å². The molecule has 1 aromatic carbocycles. The molecule has 1 heterocycles. The zero-order chi connectivity index (χ0) is 12.4. The van der Waals surface area contributed by atoms with Crippen LogP contribution in [0.15, 0.2) is 18.2 Å². The molecule has 90 valence electrons. The number of non-ortho nitro benzene ring substituents is 1. The molecule has 0 fully saturated rings. The van der Waals surface area contributed by atoms with Crippen LogP contribution in [0.25, 0.3) is 10.9 Å². The zero-order valence-electron chi connectivity index (χ0n) is 9.69. The fourth-order valence-corrected chi connectivity index (χ4v) is 2.08. The van der Waals surface area contributed by atoms with Gasteiger partial charge in [0.25, 0.3) is 5.69 Å². The van der Waals surface area contributed by atoms with Gasteiger partial charge in [-0.2, -0.15) is 0 Å². The standard InChI is InChI=1S/C12H15N3O2/c1-8-10(3-2-6-13)11-7-9(15(16)17)4-5-12(11)14-8/h4-5,7,14H,2-3,6,13H2,1H3. The van der Waals surface area contributed by atoms with E-state index in [4.69, 9.17) is 5.73 Å². The van der Waals surface area contributed by atoms with E-state index in [1.54, 1.807) is 12.1 Å². The Morgan fingerprint density at radius 1 is 1.47 bits per heavy atom. The van der Waals surface area contributed by atoms with Gasteiger partial charge < -0.3 is 10.7 Å². The number of aromatic amines is 1. The third-order valence-electron chi connectivity index (χ3n) is 2.94. The van der Waals surface area contributed by atoms with E-state index >= 15 is 0 Å². The maximum absolute atomic E-state index is 10.8. The molecule has 0 atom stereocenters. The van der Waals surface area contributed by atoms with E-state index in [0.29, 0.717) is 6.54 Å². The third-order valence-corrected chi connectivity index (χ3v) is 2.94. The van der Waals surface area contributed by atoms with Gasteiger partial charge in [0, 0.05) is 28.7 Å². The number of rotatable bonds is 4. The molecule has 5 heteroatoms. The van der Waals surface area contributed by atoms with E-state index in [9.17, 15) is 10.1 Å². The topological polar surface area (TPSA) is 84.9 Å². The molecule has 0 spiro atoms. The molecule has 0 saturated carbocycles. The van der Waals surface area contributed by atoms with Crippen molar-refractivity contribution in [3.63, 3.8) is 0 Å². The van der Waals surface area contributed by atoms with Crippen LogP contribution in [0.4, 0.5) is 5.69 Å². The van der Waals surface area contributed by atoms with Gasteiger partial charge in [-0.3, -0.25) is 10.1 Å². The molecule has 0 aliphatic rings. The van der Waals surface area contributed by atoms with Gasteiger partial charge in [-0.1, -0.05) is 0 Å². The number of aromatic nitrogens is 1. The normalized spacial score (nSPS) is 10.9. The van der Waals surface area contributed by atoms with Gasteiger partial charge in [0.05, 0.1) is 4.92 Å². The van der Waals surface area contributed by atoms with Crippen molar-refractivity contribution in [3.8, 4) is 0 Å². The minimum atomic E-state index is -0.367. The zero-order valence-corrected chi connectivity index (χ0v) is 9.69. The highest BCUT2D eigenvalue weighted by Gasteiger charge is 2.12. The van der Waals surface area contributed by atoms with Crippen molar-refractivity contribution in [2.75, 3.05) is 6.54 Å². The highest BCUT2D eigenvalue weighted by Crippen LogP contribution is 2.27. The SMILES string of the molecule is Cc1[nH]c2ccc([N+](=O)[O-])cc2c1CCCN. The average molecular weight is 233 g/mol. The van der Waals surface area contributed by atoms with E-state index in [-0.39, 0.29) is 10.6 Å². The number of hydrogen-bond acceptors (Lipinski definition) is 3. The summed E-state index contributed by atoms with van der Waals surface area (Å²) in [5.74, 6) is 0. The summed E-state index contributed by atoms with van der Waals surface area (Å²) in [5.41, 5.74) is 8.77. The van der Waals surface area contributed by atoms with Crippen molar-refractivity contribution >= 4 is 16.6 Å². The third kappa shape index (κ3) is 2.14. The van der Waals surface area contributed by atoms with E-state index in [1.165, 1.54) is 6.07 Å². The Hall–Kier alpha value is -1.88. The predicted octanol–water partition coefficient (Wildman–Crippen LogP) is 2.28. The van der Waals surface area contributed by atoms with Gasteiger partial charge in [0.15, 0.2) is 0 Å². The van der Waals surface area contributed by atoms with Crippen LogP contribution in [0, 0.1) is 17.0 Å². The van der Waals surface area contributed by atoms with Crippen LogP contribution in [0.5, 0.6) is 0 Å². The van der Waals surface area contributed by atoms with Gasteiger partial charge in [0.1, 0.15) is 0 Å². The van der Waals surface area contributed by atoms with Crippen molar-refractivity contribution in [1.82, 2.24) is 4.98 Å². The van der Waals surface area contributed by atoms with Crippen LogP contribution in [0.2, 0.25) is 0 Å².